The number of benzene rings is 1. The van der Waals surface area contributed by atoms with Crippen LogP contribution in [0, 0.1) is 5.92 Å². The van der Waals surface area contributed by atoms with Crippen LogP contribution in [0.5, 0.6) is 0 Å². The van der Waals surface area contributed by atoms with Crippen molar-refractivity contribution in [3.05, 3.63) is 30.1 Å². The van der Waals surface area contributed by atoms with Crippen molar-refractivity contribution in [2.24, 2.45) is 5.92 Å². The molecule has 1 aromatic carbocycles. The van der Waals surface area contributed by atoms with Crippen LogP contribution in [0.4, 0.5) is 8.78 Å². The van der Waals surface area contributed by atoms with Gasteiger partial charge in [-0.15, -0.1) is 0 Å². The number of rotatable bonds is 6. The lowest BCUT2D eigenvalue weighted by Gasteiger charge is -2.35. The highest BCUT2D eigenvalue weighted by molar-refractivity contribution is 5.76. The SMILES string of the molecule is CNCCC1CCN(C(C)c2nc3ccccc3n2C(F)F)CC1. The summed E-state index contributed by atoms with van der Waals surface area (Å²) in [7, 11) is 1.98. The van der Waals surface area contributed by atoms with Gasteiger partial charge in [0, 0.05) is 0 Å². The Bertz CT molecular complexity index is 662. The van der Waals surface area contributed by atoms with E-state index in [0.29, 0.717) is 16.9 Å². The number of piperidine rings is 1. The van der Waals surface area contributed by atoms with Crippen LogP contribution in [-0.4, -0.2) is 41.1 Å². The molecule has 0 spiro atoms. The molecule has 0 radical (unpaired) electrons. The summed E-state index contributed by atoms with van der Waals surface area (Å²) in [5.41, 5.74) is 1.15. The van der Waals surface area contributed by atoms with Gasteiger partial charge in [-0.2, -0.15) is 8.78 Å². The van der Waals surface area contributed by atoms with E-state index in [-0.39, 0.29) is 6.04 Å². The van der Waals surface area contributed by atoms with Crippen LogP contribution in [0.2, 0.25) is 0 Å². The molecule has 1 aromatic heterocycles. The maximum absolute atomic E-state index is 13.6. The third kappa shape index (κ3) is 3.44. The summed E-state index contributed by atoms with van der Waals surface area (Å²) >= 11 is 0. The second-order valence-corrected chi connectivity index (χ2v) is 6.65. The topological polar surface area (TPSA) is 33.1 Å². The van der Waals surface area contributed by atoms with Crippen molar-refractivity contribution in [3.8, 4) is 0 Å². The standard InChI is InChI=1S/C18H26F2N4/c1-13(23-11-8-14(9-12-23)7-10-21-2)17-22-15-5-3-4-6-16(15)24(17)18(19)20/h3-6,13-14,18,21H,7-12H2,1-2H3. The van der Waals surface area contributed by atoms with Crippen molar-refractivity contribution < 1.29 is 8.78 Å². The highest BCUT2D eigenvalue weighted by Gasteiger charge is 2.28. The number of hydrogen-bond donors (Lipinski definition) is 1. The molecule has 2 aromatic rings. The zero-order chi connectivity index (χ0) is 17.1. The summed E-state index contributed by atoms with van der Waals surface area (Å²) in [6.45, 7) is 2.36. The van der Waals surface area contributed by atoms with Crippen LogP contribution in [0.25, 0.3) is 11.0 Å². The smallest absolute Gasteiger partial charge is 0.320 e. The lowest BCUT2D eigenvalue weighted by molar-refractivity contribution is 0.0606. The van der Waals surface area contributed by atoms with E-state index < -0.39 is 6.55 Å². The summed E-state index contributed by atoms with van der Waals surface area (Å²) in [6, 6.07) is 7.04. The number of nitrogens with one attached hydrogen (secondary N) is 1. The molecular weight excluding hydrogens is 310 g/mol. The van der Waals surface area contributed by atoms with Crippen molar-refractivity contribution in [1.29, 1.82) is 0 Å². The summed E-state index contributed by atoms with van der Waals surface area (Å²) in [5, 5.41) is 3.20. The van der Waals surface area contributed by atoms with E-state index in [4.69, 9.17) is 0 Å². The number of aromatic nitrogens is 2. The van der Waals surface area contributed by atoms with Crippen molar-refractivity contribution in [2.75, 3.05) is 26.7 Å². The Balaban J connectivity index is 1.77. The zero-order valence-electron chi connectivity index (χ0n) is 14.4. The summed E-state index contributed by atoms with van der Waals surface area (Å²) in [4.78, 5) is 6.80. The van der Waals surface area contributed by atoms with Gasteiger partial charge in [-0.05, 0) is 70.9 Å². The Morgan fingerprint density at radius 2 is 1.96 bits per heavy atom. The fourth-order valence-electron chi connectivity index (χ4n) is 3.70. The monoisotopic (exact) mass is 336 g/mol. The number of alkyl halides is 2. The first-order valence-corrected chi connectivity index (χ1v) is 8.75. The van der Waals surface area contributed by atoms with Gasteiger partial charge in [-0.1, -0.05) is 12.1 Å². The molecule has 1 atom stereocenters. The highest BCUT2D eigenvalue weighted by atomic mass is 19.3. The van der Waals surface area contributed by atoms with Crippen LogP contribution in [-0.2, 0) is 0 Å². The second kappa shape index (κ2) is 7.57. The number of para-hydroxylation sites is 2. The number of hydrogen-bond acceptors (Lipinski definition) is 3. The maximum atomic E-state index is 13.6. The molecule has 1 aliphatic heterocycles. The molecule has 1 unspecified atom stereocenters. The van der Waals surface area contributed by atoms with Gasteiger partial charge in [-0.25, -0.2) is 4.98 Å². The minimum atomic E-state index is -2.57. The predicted octanol–water partition coefficient (Wildman–Crippen LogP) is 3.81. The van der Waals surface area contributed by atoms with Gasteiger partial charge in [0.2, 0.25) is 0 Å². The Morgan fingerprint density at radius 1 is 1.25 bits per heavy atom. The van der Waals surface area contributed by atoms with E-state index in [9.17, 15) is 8.78 Å². The quantitative estimate of drug-likeness (QED) is 0.871. The van der Waals surface area contributed by atoms with E-state index in [1.807, 2.05) is 20.0 Å². The molecule has 1 N–H and O–H groups in total. The molecule has 0 aliphatic carbocycles. The Labute approximate surface area is 141 Å². The first-order valence-electron chi connectivity index (χ1n) is 8.75. The largest absolute Gasteiger partial charge is 0.320 e. The number of fused-ring (bicyclic) bond motifs is 1. The minimum absolute atomic E-state index is 0.100. The van der Waals surface area contributed by atoms with Gasteiger partial charge < -0.3 is 5.32 Å². The lowest BCUT2D eigenvalue weighted by Crippen LogP contribution is -2.37. The molecule has 1 saturated heterocycles. The van der Waals surface area contributed by atoms with E-state index in [2.05, 4.69) is 15.2 Å². The van der Waals surface area contributed by atoms with Gasteiger partial charge in [-0.3, -0.25) is 9.47 Å². The first-order chi connectivity index (χ1) is 11.6. The third-order valence-corrected chi connectivity index (χ3v) is 5.19. The van der Waals surface area contributed by atoms with E-state index in [1.54, 1.807) is 18.2 Å². The highest BCUT2D eigenvalue weighted by Crippen LogP contribution is 2.32. The molecule has 4 nitrogen and oxygen atoms in total. The predicted molar refractivity (Wildman–Crippen MR) is 92.2 cm³/mol. The Morgan fingerprint density at radius 3 is 2.62 bits per heavy atom. The molecule has 6 heteroatoms. The van der Waals surface area contributed by atoms with E-state index in [0.717, 1.165) is 43.0 Å². The number of nitrogens with zero attached hydrogens (tertiary/aromatic N) is 3. The molecule has 0 amide bonds. The van der Waals surface area contributed by atoms with Gasteiger partial charge in [0.25, 0.3) is 0 Å². The van der Waals surface area contributed by atoms with Crippen LogP contribution >= 0.6 is 0 Å². The van der Waals surface area contributed by atoms with Crippen LogP contribution < -0.4 is 5.32 Å². The Kier molecular flexibility index (Phi) is 5.46. The molecule has 0 bridgehead atoms. The summed E-state index contributed by atoms with van der Waals surface area (Å²) in [6.07, 6.45) is 3.44. The van der Waals surface area contributed by atoms with Crippen LogP contribution in [0.1, 0.15) is 44.6 Å². The van der Waals surface area contributed by atoms with Crippen molar-refractivity contribution in [1.82, 2.24) is 19.8 Å². The Hall–Kier alpha value is -1.53. The van der Waals surface area contributed by atoms with Crippen molar-refractivity contribution >= 4 is 11.0 Å². The molecule has 1 fully saturated rings. The van der Waals surface area contributed by atoms with E-state index in [1.165, 1.54) is 6.42 Å². The fourth-order valence-corrected chi connectivity index (χ4v) is 3.70. The molecule has 132 valence electrons. The number of likely N-dealkylation sites (tertiary alicyclic amines) is 1. The van der Waals surface area contributed by atoms with Gasteiger partial charge in [0.05, 0.1) is 17.1 Å². The van der Waals surface area contributed by atoms with Gasteiger partial charge >= 0.3 is 6.55 Å². The second-order valence-electron chi connectivity index (χ2n) is 6.65. The molecule has 3 rings (SSSR count). The molecule has 0 saturated carbocycles. The van der Waals surface area contributed by atoms with E-state index >= 15 is 0 Å². The maximum Gasteiger partial charge on any atom is 0.320 e. The zero-order valence-corrected chi connectivity index (χ0v) is 14.4. The average molecular weight is 336 g/mol. The molecular formula is C18H26F2N4. The molecule has 24 heavy (non-hydrogen) atoms. The molecule has 2 heterocycles. The first kappa shape index (κ1) is 17.3. The normalized spacial score (nSPS) is 18.5. The van der Waals surface area contributed by atoms with Crippen LogP contribution in [0.15, 0.2) is 24.3 Å². The van der Waals surface area contributed by atoms with Crippen molar-refractivity contribution in [2.45, 2.75) is 38.8 Å². The van der Waals surface area contributed by atoms with Crippen molar-refractivity contribution in [3.63, 3.8) is 0 Å². The van der Waals surface area contributed by atoms with Crippen LogP contribution in [0.3, 0.4) is 0 Å². The third-order valence-electron chi connectivity index (χ3n) is 5.19. The van der Waals surface area contributed by atoms with Gasteiger partial charge in [0.1, 0.15) is 5.82 Å². The lowest BCUT2D eigenvalue weighted by atomic mass is 9.93. The minimum Gasteiger partial charge on any atom is -0.320 e. The summed E-state index contributed by atoms with van der Waals surface area (Å²) in [5.74, 6) is 1.20. The fraction of sp³-hybridized carbons (Fsp3) is 0.611. The van der Waals surface area contributed by atoms with Gasteiger partial charge in [0.15, 0.2) is 0 Å². The summed E-state index contributed by atoms with van der Waals surface area (Å²) < 4.78 is 28.3. The number of imidazole rings is 1. The number of halogens is 2. The molecule has 1 aliphatic rings. The average Bonchev–Trinajstić information content (AvgIpc) is 2.99.